The van der Waals surface area contributed by atoms with Crippen LogP contribution in [0, 0.1) is 58.2 Å². The molecule has 0 aromatic heterocycles. The lowest BCUT2D eigenvalue weighted by Gasteiger charge is -2.60. The molecule has 4 saturated carbocycles. The Morgan fingerprint density at radius 1 is 0.903 bits per heavy atom. The first-order valence-corrected chi connectivity index (χ1v) is 14.2. The summed E-state index contributed by atoms with van der Waals surface area (Å²) in [5.74, 6) is 7.65. The molecule has 0 saturated heterocycles. The third-order valence-electron chi connectivity index (χ3n) is 12.0. The van der Waals surface area contributed by atoms with Crippen molar-refractivity contribution >= 4 is 5.78 Å². The van der Waals surface area contributed by atoms with Crippen molar-refractivity contribution in [3.63, 3.8) is 0 Å². The Labute approximate surface area is 193 Å². The van der Waals surface area contributed by atoms with E-state index in [2.05, 4.69) is 41.5 Å². The number of hydrogen-bond donors (Lipinski definition) is 0. The van der Waals surface area contributed by atoms with Gasteiger partial charge in [-0.3, -0.25) is 4.79 Å². The van der Waals surface area contributed by atoms with Gasteiger partial charge in [-0.2, -0.15) is 0 Å². The molecule has 2 bridgehead atoms. The highest BCUT2D eigenvalue weighted by molar-refractivity contribution is 5.79. The molecule has 1 heteroatoms. The molecule has 1 nitrogen and oxygen atoms in total. The number of carbonyl (C=O) groups excluding carboxylic acids is 1. The first-order valence-electron chi connectivity index (χ1n) is 14.2. The summed E-state index contributed by atoms with van der Waals surface area (Å²) in [6.45, 7) is 15.1. The summed E-state index contributed by atoms with van der Waals surface area (Å²) in [6, 6.07) is 0. The largest absolute Gasteiger partial charge is 0.300 e. The van der Waals surface area contributed by atoms with Gasteiger partial charge >= 0.3 is 0 Å². The van der Waals surface area contributed by atoms with Crippen LogP contribution in [0.15, 0.2) is 0 Å². The van der Waals surface area contributed by atoms with Crippen molar-refractivity contribution in [2.24, 2.45) is 58.2 Å². The zero-order valence-electron chi connectivity index (χ0n) is 21.7. The quantitative estimate of drug-likeness (QED) is 0.413. The molecule has 0 aliphatic heterocycles. The van der Waals surface area contributed by atoms with Crippen molar-refractivity contribution in [1.29, 1.82) is 0 Å². The summed E-state index contributed by atoms with van der Waals surface area (Å²) in [5, 5.41) is 0. The molecule has 0 N–H and O–H groups in total. The molecule has 4 rings (SSSR count). The monoisotopic (exact) mass is 428 g/mol. The summed E-state index contributed by atoms with van der Waals surface area (Å²) in [4.78, 5) is 12.2. The molecule has 3 unspecified atom stereocenters. The molecule has 0 amide bonds. The van der Waals surface area contributed by atoms with Crippen LogP contribution in [-0.4, -0.2) is 5.78 Å². The molecule has 4 fully saturated rings. The average molecular weight is 429 g/mol. The van der Waals surface area contributed by atoms with E-state index in [4.69, 9.17) is 0 Å². The second kappa shape index (κ2) is 9.13. The van der Waals surface area contributed by atoms with Gasteiger partial charge in [0.05, 0.1) is 0 Å². The smallest absolute Gasteiger partial charge is 0.133 e. The minimum absolute atomic E-state index is 0.436. The Balaban J connectivity index is 1.47. The van der Waals surface area contributed by atoms with Crippen molar-refractivity contribution in [3.8, 4) is 0 Å². The lowest BCUT2D eigenvalue weighted by Crippen LogP contribution is -2.53. The SMILES string of the molecule is CC[C@H](CC[C@H](C)[C@H]1CC[C@@H]2C[C@H]1CCC1C2(C)CCC2CC(=O)CC[C@@]21C)C(C)C. The van der Waals surface area contributed by atoms with Crippen molar-refractivity contribution in [3.05, 3.63) is 0 Å². The summed E-state index contributed by atoms with van der Waals surface area (Å²) >= 11 is 0. The van der Waals surface area contributed by atoms with E-state index in [0.717, 1.165) is 54.3 Å². The molecule has 0 spiro atoms. The van der Waals surface area contributed by atoms with Crippen LogP contribution in [0.1, 0.15) is 125 Å². The zero-order chi connectivity index (χ0) is 22.4. The molecule has 4 aliphatic rings. The maximum atomic E-state index is 12.2. The van der Waals surface area contributed by atoms with Gasteiger partial charge in [0.25, 0.3) is 0 Å². The molecule has 31 heavy (non-hydrogen) atoms. The van der Waals surface area contributed by atoms with E-state index in [-0.39, 0.29) is 0 Å². The summed E-state index contributed by atoms with van der Waals surface area (Å²) < 4.78 is 0. The second-order valence-corrected chi connectivity index (χ2v) is 13.5. The van der Waals surface area contributed by atoms with E-state index in [0.29, 0.717) is 22.5 Å². The van der Waals surface area contributed by atoms with Gasteiger partial charge in [0.15, 0.2) is 0 Å². The highest BCUT2D eigenvalue weighted by atomic mass is 16.1. The average Bonchev–Trinajstić information content (AvgIpc) is 2.84. The Morgan fingerprint density at radius 2 is 1.65 bits per heavy atom. The van der Waals surface area contributed by atoms with Crippen LogP contribution in [-0.2, 0) is 4.79 Å². The molecule has 0 radical (unpaired) electrons. The lowest BCUT2D eigenvalue weighted by molar-refractivity contribution is -0.140. The van der Waals surface area contributed by atoms with Gasteiger partial charge in [0, 0.05) is 12.8 Å². The van der Waals surface area contributed by atoms with Crippen molar-refractivity contribution in [2.75, 3.05) is 0 Å². The maximum Gasteiger partial charge on any atom is 0.133 e. The maximum absolute atomic E-state index is 12.2. The van der Waals surface area contributed by atoms with Crippen LogP contribution >= 0.6 is 0 Å². The first-order chi connectivity index (χ1) is 14.7. The molecule has 9 atom stereocenters. The highest BCUT2D eigenvalue weighted by Gasteiger charge is 2.59. The number of hydrogen-bond acceptors (Lipinski definition) is 1. The second-order valence-electron chi connectivity index (χ2n) is 13.5. The molecule has 178 valence electrons. The van der Waals surface area contributed by atoms with E-state index in [1.54, 1.807) is 0 Å². The fourth-order valence-corrected chi connectivity index (χ4v) is 9.72. The third-order valence-corrected chi connectivity index (χ3v) is 12.0. The van der Waals surface area contributed by atoms with Crippen molar-refractivity contribution in [1.82, 2.24) is 0 Å². The Bertz CT molecular complexity index is 636. The van der Waals surface area contributed by atoms with Crippen molar-refractivity contribution < 1.29 is 4.79 Å². The number of fused-ring (bicyclic) bond motifs is 6. The number of ketones is 1. The fraction of sp³-hybridized carbons (Fsp3) is 0.967. The predicted octanol–water partition coefficient (Wildman–Crippen LogP) is 8.70. The molecular formula is C30H52O. The van der Waals surface area contributed by atoms with Gasteiger partial charge in [0.1, 0.15) is 5.78 Å². The van der Waals surface area contributed by atoms with Gasteiger partial charge in [-0.05, 0) is 116 Å². The third kappa shape index (κ3) is 4.30. The zero-order valence-corrected chi connectivity index (χ0v) is 21.7. The van der Waals surface area contributed by atoms with Crippen LogP contribution in [0.5, 0.6) is 0 Å². The molecule has 0 aromatic carbocycles. The lowest BCUT2D eigenvalue weighted by atomic mass is 9.44. The van der Waals surface area contributed by atoms with E-state index >= 15 is 0 Å². The van der Waals surface area contributed by atoms with Gasteiger partial charge in [-0.15, -0.1) is 0 Å². The van der Waals surface area contributed by atoms with E-state index in [1.165, 1.54) is 70.6 Å². The molecule has 4 aliphatic carbocycles. The number of carbonyl (C=O) groups is 1. The minimum Gasteiger partial charge on any atom is -0.300 e. The minimum atomic E-state index is 0.436. The number of Topliss-reactive ketones (excluding diaryl/α,β-unsaturated/α-hetero) is 1. The first kappa shape index (κ1) is 23.8. The van der Waals surface area contributed by atoms with E-state index in [1.807, 2.05) is 0 Å². The highest BCUT2D eigenvalue weighted by Crippen LogP contribution is 2.67. The summed E-state index contributed by atoms with van der Waals surface area (Å²) in [6.07, 6.45) is 17.3. The van der Waals surface area contributed by atoms with Crippen LogP contribution in [0.4, 0.5) is 0 Å². The topological polar surface area (TPSA) is 17.1 Å². The Morgan fingerprint density at radius 3 is 2.35 bits per heavy atom. The van der Waals surface area contributed by atoms with Gasteiger partial charge in [0.2, 0.25) is 0 Å². The molecular weight excluding hydrogens is 376 g/mol. The van der Waals surface area contributed by atoms with Crippen LogP contribution < -0.4 is 0 Å². The van der Waals surface area contributed by atoms with Crippen molar-refractivity contribution in [2.45, 2.75) is 125 Å². The van der Waals surface area contributed by atoms with E-state index < -0.39 is 0 Å². The van der Waals surface area contributed by atoms with Crippen LogP contribution in [0.25, 0.3) is 0 Å². The Hall–Kier alpha value is -0.330. The summed E-state index contributed by atoms with van der Waals surface area (Å²) in [7, 11) is 0. The van der Waals surface area contributed by atoms with Gasteiger partial charge < -0.3 is 0 Å². The van der Waals surface area contributed by atoms with Gasteiger partial charge in [-0.25, -0.2) is 0 Å². The molecule has 0 heterocycles. The normalized spacial score (nSPS) is 44.9. The standard InChI is InChI=1S/C30H52O/c1-7-22(20(2)3)9-8-21(4)27-12-11-24-18-23(27)10-13-28-29(24,5)16-14-25-19-26(31)15-17-30(25,28)6/h20-25,27-28H,7-19H2,1-6H3/t21-,22+,23+,24+,25?,27+,28?,29?,30-/m0/s1. The van der Waals surface area contributed by atoms with E-state index in [9.17, 15) is 4.79 Å². The van der Waals surface area contributed by atoms with Crippen LogP contribution in [0.2, 0.25) is 0 Å². The molecule has 0 aromatic rings. The van der Waals surface area contributed by atoms with Crippen LogP contribution in [0.3, 0.4) is 0 Å². The van der Waals surface area contributed by atoms with Gasteiger partial charge in [-0.1, -0.05) is 54.4 Å². The Kier molecular flexibility index (Phi) is 7.02. The number of rotatable bonds is 6. The fourth-order valence-electron chi connectivity index (χ4n) is 9.72. The predicted molar refractivity (Wildman–Crippen MR) is 132 cm³/mol. The summed E-state index contributed by atoms with van der Waals surface area (Å²) in [5.41, 5.74) is 0.977.